The van der Waals surface area contributed by atoms with E-state index in [9.17, 15) is 13.2 Å². The van der Waals surface area contributed by atoms with E-state index in [1.54, 1.807) is 6.20 Å². The van der Waals surface area contributed by atoms with Crippen LogP contribution in [0.2, 0.25) is 0 Å². The zero-order valence-corrected chi connectivity index (χ0v) is 8.70. The second-order valence-corrected chi connectivity index (χ2v) is 3.49. The maximum absolute atomic E-state index is 12.9. The van der Waals surface area contributed by atoms with Gasteiger partial charge in [0.15, 0.2) is 17.5 Å². The lowest BCUT2D eigenvalue weighted by atomic mass is 10.2. The van der Waals surface area contributed by atoms with Crippen molar-refractivity contribution in [3.05, 3.63) is 47.0 Å². The van der Waals surface area contributed by atoms with E-state index >= 15 is 0 Å². The lowest BCUT2D eigenvalue weighted by Gasteiger charge is -2.02. The third kappa shape index (κ3) is 2.44. The molecule has 2 N–H and O–H groups in total. The minimum Gasteiger partial charge on any atom is -0.325 e. The highest BCUT2D eigenvalue weighted by atomic mass is 19.2. The summed E-state index contributed by atoms with van der Waals surface area (Å²) in [4.78, 5) is 0. The zero-order chi connectivity index (χ0) is 12.4. The number of benzene rings is 1. The highest BCUT2D eigenvalue weighted by Crippen LogP contribution is 2.14. The minimum absolute atomic E-state index is 0.0983. The normalized spacial score (nSPS) is 10.8. The van der Waals surface area contributed by atoms with Crippen molar-refractivity contribution in [3.63, 3.8) is 0 Å². The molecule has 0 spiro atoms. The Morgan fingerprint density at radius 2 is 1.82 bits per heavy atom. The quantitative estimate of drug-likeness (QED) is 0.823. The van der Waals surface area contributed by atoms with E-state index in [-0.39, 0.29) is 18.7 Å². The molecule has 0 unspecified atom stereocenters. The van der Waals surface area contributed by atoms with E-state index in [0.717, 1.165) is 12.1 Å². The zero-order valence-electron chi connectivity index (χ0n) is 8.70. The average Bonchev–Trinajstić information content (AvgIpc) is 2.73. The Balaban J connectivity index is 2.24. The summed E-state index contributed by atoms with van der Waals surface area (Å²) in [5.41, 5.74) is 6.16. The molecule has 0 atom stereocenters. The lowest BCUT2D eigenvalue weighted by molar-refractivity contribution is 0.444. The molecule has 1 aromatic carbocycles. The highest BCUT2D eigenvalue weighted by Gasteiger charge is 2.11. The predicted molar refractivity (Wildman–Crippen MR) is 53.3 cm³/mol. The Kier molecular flexibility index (Phi) is 3.10. The van der Waals surface area contributed by atoms with Gasteiger partial charge < -0.3 is 5.73 Å². The predicted octanol–water partition coefficient (Wildman–Crippen LogP) is 1.20. The molecule has 0 aliphatic carbocycles. The van der Waals surface area contributed by atoms with Crippen LogP contribution in [0.4, 0.5) is 13.2 Å². The first-order chi connectivity index (χ1) is 8.10. The molecule has 2 rings (SSSR count). The van der Waals surface area contributed by atoms with Crippen molar-refractivity contribution in [2.24, 2.45) is 5.73 Å². The molecule has 0 fully saturated rings. The fourth-order valence-electron chi connectivity index (χ4n) is 1.40. The third-order valence-corrected chi connectivity index (χ3v) is 2.18. The van der Waals surface area contributed by atoms with Gasteiger partial charge in [0.1, 0.15) is 0 Å². The Hall–Kier alpha value is -1.89. The summed E-state index contributed by atoms with van der Waals surface area (Å²) in [5, 5.41) is 7.43. The number of nitrogens with zero attached hydrogens (tertiary/aromatic N) is 3. The fourth-order valence-corrected chi connectivity index (χ4v) is 1.40. The molecular formula is C10H9F3N4. The molecule has 17 heavy (non-hydrogen) atoms. The molecule has 0 saturated heterocycles. The van der Waals surface area contributed by atoms with Gasteiger partial charge in [0.25, 0.3) is 0 Å². The van der Waals surface area contributed by atoms with Crippen molar-refractivity contribution in [2.75, 3.05) is 0 Å². The number of aromatic nitrogens is 3. The summed E-state index contributed by atoms with van der Waals surface area (Å²) < 4.78 is 39.9. The highest BCUT2D eigenvalue weighted by molar-refractivity contribution is 5.19. The van der Waals surface area contributed by atoms with Gasteiger partial charge in [-0.05, 0) is 17.7 Å². The molecule has 1 heterocycles. The largest absolute Gasteiger partial charge is 0.325 e. The summed E-state index contributed by atoms with van der Waals surface area (Å²) in [6.45, 7) is 0.327. The van der Waals surface area contributed by atoms with Crippen LogP contribution in [-0.4, -0.2) is 15.0 Å². The summed E-state index contributed by atoms with van der Waals surface area (Å²) >= 11 is 0. The van der Waals surface area contributed by atoms with Crippen LogP contribution in [0.5, 0.6) is 0 Å². The Morgan fingerprint density at radius 3 is 2.35 bits per heavy atom. The first-order valence-corrected chi connectivity index (χ1v) is 4.82. The Morgan fingerprint density at radius 1 is 1.18 bits per heavy atom. The van der Waals surface area contributed by atoms with Crippen molar-refractivity contribution in [1.82, 2.24) is 15.0 Å². The maximum Gasteiger partial charge on any atom is 0.194 e. The second-order valence-electron chi connectivity index (χ2n) is 3.49. The number of nitrogens with two attached hydrogens (primary N) is 1. The number of hydrogen-bond donors (Lipinski definition) is 1. The van der Waals surface area contributed by atoms with Crippen LogP contribution >= 0.6 is 0 Å². The first-order valence-electron chi connectivity index (χ1n) is 4.82. The molecule has 0 amide bonds. The van der Waals surface area contributed by atoms with Gasteiger partial charge in [-0.2, -0.15) is 0 Å². The summed E-state index contributed by atoms with van der Waals surface area (Å²) in [5.74, 6) is -3.92. The molecule has 7 heteroatoms. The van der Waals surface area contributed by atoms with Gasteiger partial charge in [0.2, 0.25) is 0 Å². The summed E-state index contributed by atoms with van der Waals surface area (Å²) in [7, 11) is 0. The molecule has 1 aromatic heterocycles. The fraction of sp³-hybridized carbons (Fsp3) is 0.200. The molecule has 0 aliphatic rings. The Bertz CT molecular complexity index is 515. The molecule has 90 valence electrons. The number of hydrogen-bond acceptors (Lipinski definition) is 3. The summed E-state index contributed by atoms with van der Waals surface area (Å²) in [6.07, 6.45) is 1.55. The van der Waals surface area contributed by atoms with Gasteiger partial charge in [-0.25, -0.2) is 17.9 Å². The van der Waals surface area contributed by atoms with Crippen LogP contribution in [0.25, 0.3) is 0 Å². The monoisotopic (exact) mass is 242 g/mol. The van der Waals surface area contributed by atoms with Crippen molar-refractivity contribution < 1.29 is 13.2 Å². The van der Waals surface area contributed by atoms with Crippen molar-refractivity contribution in [3.8, 4) is 0 Å². The molecule has 0 bridgehead atoms. The number of rotatable bonds is 3. The van der Waals surface area contributed by atoms with Crippen LogP contribution in [0.1, 0.15) is 11.3 Å². The van der Waals surface area contributed by atoms with Gasteiger partial charge in [-0.15, -0.1) is 5.10 Å². The Labute approximate surface area is 94.9 Å². The molecule has 0 radical (unpaired) electrons. The van der Waals surface area contributed by atoms with E-state index in [4.69, 9.17) is 5.73 Å². The van der Waals surface area contributed by atoms with Gasteiger partial charge >= 0.3 is 0 Å². The van der Waals surface area contributed by atoms with E-state index in [1.165, 1.54) is 4.68 Å². The van der Waals surface area contributed by atoms with Crippen LogP contribution in [0.3, 0.4) is 0 Å². The van der Waals surface area contributed by atoms with E-state index in [1.807, 2.05) is 0 Å². The standard InChI is InChI=1S/C10H9F3N4/c11-8-1-6(2-9(12)10(8)13)4-17-5-7(3-14)15-16-17/h1-2,5H,3-4,14H2. The van der Waals surface area contributed by atoms with Gasteiger partial charge in [-0.3, -0.25) is 0 Å². The van der Waals surface area contributed by atoms with Crippen LogP contribution in [0, 0.1) is 17.5 Å². The van der Waals surface area contributed by atoms with Crippen LogP contribution in [-0.2, 0) is 13.1 Å². The molecule has 0 aliphatic heterocycles. The third-order valence-electron chi connectivity index (χ3n) is 2.18. The van der Waals surface area contributed by atoms with E-state index in [0.29, 0.717) is 5.69 Å². The topological polar surface area (TPSA) is 56.7 Å². The second kappa shape index (κ2) is 4.54. The van der Waals surface area contributed by atoms with Crippen molar-refractivity contribution in [2.45, 2.75) is 13.1 Å². The molecular weight excluding hydrogens is 233 g/mol. The molecule has 4 nitrogen and oxygen atoms in total. The molecule has 2 aromatic rings. The van der Waals surface area contributed by atoms with Crippen LogP contribution in [0.15, 0.2) is 18.3 Å². The molecule has 0 saturated carbocycles. The smallest absolute Gasteiger partial charge is 0.194 e. The van der Waals surface area contributed by atoms with Crippen LogP contribution < -0.4 is 5.73 Å². The van der Waals surface area contributed by atoms with Gasteiger partial charge in [0, 0.05) is 6.54 Å². The summed E-state index contributed by atoms with van der Waals surface area (Å²) in [6, 6.07) is 1.84. The van der Waals surface area contributed by atoms with Crippen molar-refractivity contribution in [1.29, 1.82) is 0 Å². The van der Waals surface area contributed by atoms with Gasteiger partial charge in [0.05, 0.1) is 18.4 Å². The maximum atomic E-state index is 12.9. The average molecular weight is 242 g/mol. The van der Waals surface area contributed by atoms with E-state index in [2.05, 4.69) is 10.3 Å². The first kappa shape index (κ1) is 11.6. The van der Waals surface area contributed by atoms with Gasteiger partial charge in [-0.1, -0.05) is 5.21 Å². The minimum atomic E-state index is -1.48. The van der Waals surface area contributed by atoms with Crippen molar-refractivity contribution >= 4 is 0 Å². The SMILES string of the molecule is NCc1cn(Cc2cc(F)c(F)c(F)c2)nn1. The number of halogens is 3. The lowest BCUT2D eigenvalue weighted by Crippen LogP contribution is -2.03. The van der Waals surface area contributed by atoms with E-state index < -0.39 is 17.5 Å².